The van der Waals surface area contributed by atoms with Crippen LogP contribution in [0, 0.1) is 16.0 Å². The van der Waals surface area contributed by atoms with Gasteiger partial charge in [0.15, 0.2) is 0 Å². The summed E-state index contributed by atoms with van der Waals surface area (Å²) in [7, 11) is 0. The lowest BCUT2D eigenvalue weighted by Gasteiger charge is -2.46. The summed E-state index contributed by atoms with van der Waals surface area (Å²) in [6, 6.07) is 3.59. The molecule has 0 radical (unpaired) electrons. The van der Waals surface area contributed by atoms with Crippen molar-refractivity contribution in [2.75, 3.05) is 6.61 Å². The molecule has 2 aliphatic rings. The number of benzene rings is 1. The molecule has 0 spiro atoms. The number of nitrogens with zero attached hydrogens (tertiary/aromatic N) is 1. The van der Waals surface area contributed by atoms with Crippen molar-refractivity contribution in [1.82, 2.24) is 0 Å². The number of phenolic OH excluding ortho intramolecular Hbond substituents is 1. The van der Waals surface area contributed by atoms with Gasteiger partial charge >= 0.3 is 0 Å². The van der Waals surface area contributed by atoms with Gasteiger partial charge in [0.1, 0.15) is 23.7 Å². The predicted octanol–water partition coefficient (Wildman–Crippen LogP) is 4.49. The predicted molar refractivity (Wildman–Crippen MR) is 98.0 cm³/mol. The summed E-state index contributed by atoms with van der Waals surface area (Å²) in [6.45, 7) is 9.91. The van der Waals surface area contributed by atoms with Crippen LogP contribution in [0.15, 0.2) is 23.8 Å². The Kier molecular flexibility index (Phi) is 4.41. The van der Waals surface area contributed by atoms with Crippen molar-refractivity contribution in [3.63, 3.8) is 0 Å². The van der Waals surface area contributed by atoms with E-state index < -0.39 is 10.5 Å². The van der Waals surface area contributed by atoms with Gasteiger partial charge in [-0.1, -0.05) is 25.5 Å². The molecule has 6 nitrogen and oxygen atoms in total. The maximum atomic E-state index is 10.8. The van der Waals surface area contributed by atoms with Gasteiger partial charge in [-0.2, -0.15) is 0 Å². The van der Waals surface area contributed by atoms with Gasteiger partial charge in [0.25, 0.3) is 5.09 Å². The minimum Gasteiger partial charge on any atom is -0.507 e. The summed E-state index contributed by atoms with van der Waals surface area (Å²) in [4.78, 5) is 15.1. The van der Waals surface area contributed by atoms with Crippen LogP contribution in [-0.4, -0.2) is 22.4 Å². The van der Waals surface area contributed by atoms with Gasteiger partial charge in [-0.15, -0.1) is 10.1 Å². The van der Waals surface area contributed by atoms with Crippen molar-refractivity contribution in [2.45, 2.75) is 64.4 Å². The molecule has 1 heterocycles. The van der Waals surface area contributed by atoms with Gasteiger partial charge in [-0.3, -0.25) is 0 Å². The van der Waals surface area contributed by atoms with E-state index in [0.717, 1.165) is 24.0 Å². The third kappa shape index (κ3) is 3.24. The summed E-state index contributed by atoms with van der Waals surface area (Å²) >= 11 is 0. The maximum absolute atomic E-state index is 10.8. The van der Waals surface area contributed by atoms with Gasteiger partial charge in [0, 0.05) is 22.8 Å². The maximum Gasteiger partial charge on any atom is 0.294 e. The molecule has 0 unspecified atom stereocenters. The Labute approximate surface area is 153 Å². The van der Waals surface area contributed by atoms with Crippen molar-refractivity contribution in [1.29, 1.82) is 0 Å². The zero-order valence-electron chi connectivity index (χ0n) is 16.0. The molecule has 0 saturated carbocycles. The van der Waals surface area contributed by atoms with Crippen LogP contribution in [0.1, 0.15) is 64.5 Å². The summed E-state index contributed by atoms with van der Waals surface area (Å²) < 4.78 is 6.30. The zero-order chi connectivity index (χ0) is 19.3. The average molecular weight is 361 g/mol. The van der Waals surface area contributed by atoms with Gasteiger partial charge in [0.05, 0.1) is 0 Å². The Hall–Kier alpha value is -2.24. The molecule has 0 bridgehead atoms. The Morgan fingerprint density at radius 2 is 2.12 bits per heavy atom. The molecule has 0 aromatic heterocycles. The Balaban J connectivity index is 2.05. The van der Waals surface area contributed by atoms with E-state index in [0.29, 0.717) is 11.7 Å². The van der Waals surface area contributed by atoms with Crippen LogP contribution in [0.5, 0.6) is 11.5 Å². The molecular weight excluding hydrogens is 334 g/mol. The quantitative estimate of drug-likeness (QED) is 0.485. The normalized spacial score (nSPS) is 24.0. The van der Waals surface area contributed by atoms with Crippen molar-refractivity contribution in [3.8, 4) is 11.5 Å². The van der Waals surface area contributed by atoms with Crippen LogP contribution in [-0.2, 0) is 10.3 Å². The van der Waals surface area contributed by atoms with Gasteiger partial charge in [-0.05, 0) is 51.3 Å². The van der Waals surface area contributed by atoms with Crippen LogP contribution in [0.3, 0.4) is 0 Å². The summed E-state index contributed by atoms with van der Waals surface area (Å²) in [5.41, 5.74) is 1.92. The van der Waals surface area contributed by atoms with E-state index >= 15 is 0 Å². The first-order chi connectivity index (χ1) is 12.0. The molecule has 1 aliphatic heterocycles. The third-order valence-electron chi connectivity index (χ3n) is 5.78. The van der Waals surface area contributed by atoms with Crippen molar-refractivity contribution in [3.05, 3.63) is 45.0 Å². The molecule has 142 valence electrons. The van der Waals surface area contributed by atoms with E-state index in [1.54, 1.807) is 6.07 Å². The standard InChI is InChI=1S/C20H27NO5/c1-12-6-7-15-14(8-12)18-16(22)9-13(10-17(18)26-20(15,4)5)19(2,3)11-25-21(23)24/h8-10,14-15,22H,6-7,11H2,1-5H3/t14-,15-/m1/s1. The smallest absolute Gasteiger partial charge is 0.294 e. The molecule has 3 rings (SSSR count). The molecule has 26 heavy (non-hydrogen) atoms. The number of fused-ring (bicyclic) bond motifs is 3. The Morgan fingerprint density at radius 3 is 2.77 bits per heavy atom. The fourth-order valence-electron chi connectivity index (χ4n) is 4.21. The van der Waals surface area contributed by atoms with Crippen molar-refractivity contribution in [2.24, 2.45) is 5.92 Å². The van der Waals surface area contributed by atoms with Crippen molar-refractivity contribution < 1.29 is 19.8 Å². The first-order valence-electron chi connectivity index (χ1n) is 9.02. The largest absolute Gasteiger partial charge is 0.507 e. The number of hydrogen-bond acceptors (Lipinski definition) is 5. The molecule has 1 aromatic rings. The second kappa shape index (κ2) is 6.18. The second-order valence-electron chi connectivity index (χ2n) is 8.68. The van der Waals surface area contributed by atoms with Crippen molar-refractivity contribution >= 4 is 0 Å². The Bertz CT molecular complexity index is 766. The monoisotopic (exact) mass is 361 g/mol. The zero-order valence-corrected chi connectivity index (χ0v) is 16.0. The SMILES string of the molecule is CC1=C[C@H]2c3c(O)cc(C(C)(C)CO[N+](=O)[O-])cc3OC(C)(C)[C@@H]2CC1. The average Bonchev–Trinajstić information content (AvgIpc) is 2.51. The highest BCUT2D eigenvalue weighted by Crippen LogP contribution is 2.54. The molecular formula is C20H27NO5. The van der Waals surface area contributed by atoms with Crippen LogP contribution in [0.2, 0.25) is 0 Å². The van der Waals surface area contributed by atoms with Crippen LogP contribution in [0.25, 0.3) is 0 Å². The van der Waals surface area contributed by atoms with E-state index in [1.807, 2.05) is 19.9 Å². The summed E-state index contributed by atoms with van der Waals surface area (Å²) in [5, 5.41) is 20.6. The molecule has 1 aromatic carbocycles. The highest BCUT2D eigenvalue weighted by Gasteiger charge is 2.45. The number of hydrogen-bond donors (Lipinski definition) is 1. The van der Waals surface area contributed by atoms with E-state index in [-0.39, 0.29) is 23.9 Å². The number of phenols is 1. The summed E-state index contributed by atoms with van der Waals surface area (Å²) in [5.74, 6) is 1.27. The minimum absolute atomic E-state index is 0.0906. The second-order valence-corrected chi connectivity index (χ2v) is 8.68. The lowest BCUT2D eigenvalue weighted by Crippen LogP contribution is -2.45. The number of allylic oxidation sites excluding steroid dienone is 2. The van der Waals surface area contributed by atoms with E-state index in [4.69, 9.17) is 4.74 Å². The molecule has 0 saturated heterocycles. The van der Waals surface area contributed by atoms with Crippen LogP contribution in [0.4, 0.5) is 0 Å². The lowest BCUT2D eigenvalue weighted by atomic mass is 9.67. The number of rotatable bonds is 4. The molecule has 0 fully saturated rings. The lowest BCUT2D eigenvalue weighted by molar-refractivity contribution is -0.759. The molecule has 6 heteroatoms. The fourth-order valence-corrected chi connectivity index (χ4v) is 4.21. The van der Waals surface area contributed by atoms with Gasteiger partial charge in [0.2, 0.25) is 0 Å². The van der Waals surface area contributed by atoms with Gasteiger partial charge in [-0.25, -0.2) is 0 Å². The van der Waals surface area contributed by atoms with Crippen LogP contribution < -0.4 is 4.74 Å². The minimum atomic E-state index is -0.792. The molecule has 2 atom stereocenters. The van der Waals surface area contributed by atoms with Gasteiger partial charge < -0.3 is 14.7 Å². The van der Waals surface area contributed by atoms with E-state index in [9.17, 15) is 15.2 Å². The third-order valence-corrected chi connectivity index (χ3v) is 5.78. The van der Waals surface area contributed by atoms with Crippen LogP contribution >= 0.6 is 0 Å². The highest BCUT2D eigenvalue weighted by molar-refractivity contribution is 5.55. The molecule has 0 amide bonds. The first-order valence-corrected chi connectivity index (χ1v) is 9.02. The fraction of sp³-hybridized carbons (Fsp3) is 0.600. The molecule has 1 aliphatic carbocycles. The highest BCUT2D eigenvalue weighted by atomic mass is 16.9. The van der Waals surface area contributed by atoms with E-state index in [1.165, 1.54) is 5.57 Å². The topological polar surface area (TPSA) is 81.8 Å². The van der Waals surface area contributed by atoms with E-state index in [2.05, 4.69) is 31.7 Å². The Morgan fingerprint density at radius 1 is 1.42 bits per heavy atom. The number of ether oxygens (including phenoxy) is 1. The summed E-state index contributed by atoms with van der Waals surface area (Å²) in [6.07, 6.45) is 4.33. The first kappa shape index (κ1) is 18.5. The number of aromatic hydroxyl groups is 1. The molecule has 1 N–H and O–H groups in total.